The second-order valence-corrected chi connectivity index (χ2v) is 5.69. The lowest BCUT2D eigenvalue weighted by atomic mass is 10.2. The maximum absolute atomic E-state index is 9.84. The molecule has 1 N–H and O–H groups in total. The lowest BCUT2D eigenvalue weighted by Gasteiger charge is -2.11. The number of phenolic OH excluding ortho intramolecular Hbond substituents is 1. The Kier molecular flexibility index (Phi) is 5.05. The molecule has 0 radical (unpaired) electrons. The van der Waals surface area contributed by atoms with Gasteiger partial charge in [-0.3, -0.25) is 0 Å². The average Bonchev–Trinajstić information content (AvgIpc) is 2.41. The molecule has 0 atom stereocenters. The summed E-state index contributed by atoms with van der Waals surface area (Å²) in [6.07, 6.45) is 4.00. The first kappa shape index (κ1) is 14.2. The highest BCUT2D eigenvalue weighted by Gasteiger charge is 2.06. The molecule has 0 bridgehead atoms. The molecule has 0 fully saturated rings. The van der Waals surface area contributed by atoms with Crippen molar-refractivity contribution in [2.75, 3.05) is 12.5 Å². The molecule has 0 aliphatic heterocycles. The van der Waals surface area contributed by atoms with Crippen LogP contribution in [0.25, 0.3) is 0 Å². The highest BCUT2D eigenvalue weighted by molar-refractivity contribution is 7.98. The molecule has 0 aliphatic rings. The van der Waals surface area contributed by atoms with E-state index in [0.29, 0.717) is 5.75 Å². The van der Waals surface area contributed by atoms with Crippen LogP contribution in [0.3, 0.4) is 0 Å². The predicted octanol–water partition coefficient (Wildman–Crippen LogP) is 4.77. The van der Waals surface area contributed by atoms with Gasteiger partial charge in [0, 0.05) is 22.3 Å². The molecule has 0 spiro atoms. The minimum Gasteiger partial charge on any atom is -0.507 e. The number of rotatable bonds is 5. The molecule has 0 amide bonds. The number of phenols is 1. The molecule has 0 heterocycles. The molecule has 0 aliphatic carbocycles. The monoisotopic (exact) mass is 292 g/mol. The normalized spacial score (nSPS) is 10.4. The van der Waals surface area contributed by atoms with E-state index in [4.69, 9.17) is 4.74 Å². The van der Waals surface area contributed by atoms with Gasteiger partial charge >= 0.3 is 0 Å². The Morgan fingerprint density at radius 1 is 1.11 bits per heavy atom. The van der Waals surface area contributed by atoms with Crippen molar-refractivity contribution in [2.24, 2.45) is 0 Å². The van der Waals surface area contributed by atoms with Crippen LogP contribution >= 0.6 is 23.5 Å². The molecular weight excluding hydrogens is 276 g/mol. The highest BCUT2D eigenvalue weighted by atomic mass is 32.2. The van der Waals surface area contributed by atoms with Crippen molar-refractivity contribution in [3.63, 3.8) is 0 Å². The van der Waals surface area contributed by atoms with Gasteiger partial charge in [-0.05, 0) is 30.7 Å². The van der Waals surface area contributed by atoms with Gasteiger partial charge in [0.1, 0.15) is 17.2 Å². The summed E-state index contributed by atoms with van der Waals surface area (Å²) in [5.41, 5.74) is 1.16. The average molecular weight is 292 g/mol. The van der Waals surface area contributed by atoms with E-state index in [0.717, 1.165) is 22.0 Å². The van der Waals surface area contributed by atoms with Crippen LogP contribution in [0, 0.1) is 0 Å². The fourth-order valence-corrected chi connectivity index (χ4v) is 2.76. The number of hydrogen-bond donors (Lipinski definition) is 1. The second-order valence-electron chi connectivity index (χ2n) is 3.98. The van der Waals surface area contributed by atoms with Gasteiger partial charge in [-0.1, -0.05) is 18.2 Å². The third kappa shape index (κ3) is 3.61. The van der Waals surface area contributed by atoms with Crippen molar-refractivity contribution in [1.82, 2.24) is 0 Å². The van der Waals surface area contributed by atoms with E-state index in [9.17, 15) is 5.11 Å². The standard InChI is InChI=1S/C15H16O2S2/c1-18-10-11-5-3-4-6-14(11)17-12-7-8-15(19-2)13(16)9-12/h3-9,16H,10H2,1-2H3. The van der Waals surface area contributed by atoms with Gasteiger partial charge in [-0.25, -0.2) is 0 Å². The summed E-state index contributed by atoms with van der Waals surface area (Å²) in [6, 6.07) is 13.4. The molecule has 19 heavy (non-hydrogen) atoms. The molecule has 0 saturated carbocycles. The van der Waals surface area contributed by atoms with E-state index < -0.39 is 0 Å². The smallest absolute Gasteiger partial charge is 0.132 e. The van der Waals surface area contributed by atoms with Crippen molar-refractivity contribution in [2.45, 2.75) is 10.6 Å². The summed E-state index contributed by atoms with van der Waals surface area (Å²) in [5.74, 6) is 2.66. The van der Waals surface area contributed by atoms with E-state index in [1.54, 1.807) is 17.8 Å². The SMILES string of the molecule is CSCc1ccccc1Oc1ccc(SC)c(O)c1. The van der Waals surface area contributed by atoms with E-state index in [2.05, 4.69) is 12.3 Å². The molecule has 4 heteroatoms. The van der Waals surface area contributed by atoms with Crippen LogP contribution in [-0.4, -0.2) is 17.6 Å². The second kappa shape index (κ2) is 6.78. The summed E-state index contributed by atoms with van der Waals surface area (Å²) in [4.78, 5) is 0.852. The third-order valence-corrected chi connectivity index (χ3v) is 4.04. The Morgan fingerprint density at radius 3 is 2.58 bits per heavy atom. The molecule has 2 aromatic carbocycles. The first-order chi connectivity index (χ1) is 9.24. The van der Waals surface area contributed by atoms with Crippen molar-refractivity contribution in [3.8, 4) is 17.2 Å². The predicted molar refractivity (Wildman–Crippen MR) is 83.6 cm³/mol. The molecule has 100 valence electrons. The first-order valence-corrected chi connectivity index (χ1v) is 8.48. The van der Waals surface area contributed by atoms with Gasteiger partial charge in [0.25, 0.3) is 0 Å². The van der Waals surface area contributed by atoms with Crippen LogP contribution in [0.2, 0.25) is 0 Å². The van der Waals surface area contributed by atoms with Gasteiger partial charge in [0.05, 0.1) is 0 Å². The quantitative estimate of drug-likeness (QED) is 0.804. The zero-order chi connectivity index (χ0) is 13.7. The molecule has 2 rings (SSSR count). The largest absolute Gasteiger partial charge is 0.507 e. The Bertz CT molecular complexity index is 556. The fraction of sp³-hybridized carbons (Fsp3) is 0.200. The zero-order valence-corrected chi connectivity index (χ0v) is 12.6. The highest BCUT2D eigenvalue weighted by Crippen LogP contribution is 2.33. The van der Waals surface area contributed by atoms with Crippen molar-refractivity contribution < 1.29 is 9.84 Å². The third-order valence-electron chi connectivity index (χ3n) is 2.65. The summed E-state index contributed by atoms with van der Waals surface area (Å²) < 4.78 is 5.86. The maximum atomic E-state index is 9.84. The van der Waals surface area contributed by atoms with E-state index in [-0.39, 0.29) is 5.75 Å². The van der Waals surface area contributed by atoms with Crippen LogP contribution in [0.5, 0.6) is 17.2 Å². The van der Waals surface area contributed by atoms with Crippen LogP contribution in [0.4, 0.5) is 0 Å². The summed E-state index contributed by atoms with van der Waals surface area (Å²) >= 11 is 3.27. The number of ether oxygens (including phenoxy) is 1. The topological polar surface area (TPSA) is 29.5 Å². The van der Waals surface area contributed by atoms with Crippen LogP contribution < -0.4 is 4.74 Å². The number of para-hydroxylation sites is 1. The number of benzene rings is 2. The summed E-state index contributed by atoms with van der Waals surface area (Å²) in [6.45, 7) is 0. The minimum atomic E-state index is 0.257. The number of aromatic hydroxyl groups is 1. The zero-order valence-electron chi connectivity index (χ0n) is 10.9. The van der Waals surface area contributed by atoms with E-state index in [1.165, 1.54) is 11.8 Å². The molecular formula is C15H16O2S2. The van der Waals surface area contributed by atoms with Gasteiger partial charge < -0.3 is 9.84 Å². The molecule has 0 unspecified atom stereocenters. The summed E-state index contributed by atoms with van der Waals surface area (Å²) in [7, 11) is 0. The van der Waals surface area contributed by atoms with E-state index >= 15 is 0 Å². The summed E-state index contributed by atoms with van der Waals surface area (Å²) in [5, 5.41) is 9.84. The Labute approximate surface area is 122 Å². The minimum absolute atomic E-state index is 0.257. The molecule has 2 nitrogen and oxygen atoms in total. The van der Waals surface area contributed by atoms with Crippen LogP contribution in [0.1, 0.15) is 5.56 Å². The number of hydrogen-bond acceptors (Lipinski definition) is 4. The fourth-order valence-electron chi connectivity index (χ4n) is 1.74. The lowest BCUT2D eigenvalue weighted by molar-refractivity contribution is 0.444. The van der Waals surface area contributed by atoms with E-state index in [1.807, 2.05) is 36.6 Å². The van der Waals surface area contributed by atoms with Gasteiger partial charge in [-0.2, -0.15) is 11.8 Å². The Morgan fingerprint density at radius 2 is 1.89 bits per heavy atom. The number of thioether (sulfide) groups is 2. The Balaban J connectivity index is 2.23. The molecule has 0 saturated heterocycles. The Hall–Kier alpha value is -1.26. The van der Waals surface area contributed by atoms with Crippen LogP contribution in [-0.2, 0) is 5.75 Å². The van der Waals surface area contributed by atoms with Gasteiger partial charge in [-0.15, -0.1) is 11.8 Å². The van der Waals surface area contributed by atoms with Crippen molar-refractivity contribution in [1.29, 1.82) is 0 Å². The van der Waals surface area contributed by atoms with Crippen LogP contribution in [0.15, 0.2) is 47.4 Å². The maximum Gasteiger partial charge on any atom is 0.132 e. The lowest BCUT2D eigenvalue weighted by Crippen LogP contribution is -1.90. The van der Waals surface area contributed by atoms with Gasteiger partial charge in [0.2, 0.25) is 0 Å². The molecule has 2 aromatic rings. The van der Waals surface area contributed by atoms with Gasteiger partial charge in [0.15, 0.2) is 0 Å². The molecule has 0 aromatic heterocycles. The first-order valence-electron chi connectivity index (χ1n) is 5.86. The van der Waals surface area contributed by atoms with Crippen molar-refractivity contribution in [3.05, 3.63) is 48.0 Å². The van der Waals surface area contributed by atoms with Crippen molar-refractivity contribution >= 4 is 23.5 Å².